The van der Waals surface area contributed by atoms with Gasteiger partial charge in [0.2, 0.25) is 5.90 Å². The number of hydrogen-bond donors (Lipinski definition) is 1. The molecule has 1 aromatic rings. The fourth-order valence-corrected chi connectivity index (χ4v) is 2.22. The molecule has 18 heavy (non-hydrogen) atoms. The van der Waals surface area contributed by atoms with Crippen molar-refractivity contribution in [3.05, 3.63) is 46.2 Å². The molecule has 1 unspecified atom stereocenters. The van der Waals surface area contributed by atoms with Gasteiger partial charge in [0, 0.05) is 10.6 Å². The molecule has 0 bridgehead atoms. The van der Waals surface area contributed by atoms with E-state index in [1.165, 1.54) is 6.92 Å². The molecule has 1 heterocycles. The minimum Gasteiger partial charge on any atom is -0.443 e. The van der Waals surface area contributed by atoms with E-state index in [1.807, 2.05) is 0 Å². The highest BCUT2D eigenvalue weighted by molar-refractivity contribution is 6.30. The van der Waals surface area contributed by atoms with Gasteiger partial charge < -0.3 is 9.94 Å². The van der Waals surface area contributed by atoms with Crippen LogP contribution in [-0.2, 0) is 9.53 Å². The molecule has 0 aliphatic carbocycles. The number of carbonyl (C=O) groups excluding carboxylic acids is 1. The molecule has 2 rings (SSSR count). The topological polar surface area (TPSA) is 58.9 Å². The van der Waals surface area contributed by atoms with Crippen LogP contribution in [-0.4, -0.2) is 16.9 Å². The minimum atomic E-state index is -0.468. The fourth-order valence-electron chi connectivity index (χ4n) is 2.09. The number of ether oxygens (including phenoxy) is 1. The fraction of sp³-hybridized carbons (Fsp3) is 0.231. The number of hydrogen-bond acceptors (Lipinski definition) is 4. The van der Waals surface area contributed by atoms with Crippen molar-refractivity contribution in [2.45, 2.75) is 19.8 Å². The summed E-state index contributed by atoms with van der Waals surface area (Å²) in [5, 5.41) is 12.7. The maximum absolute atomic E-state index is 11.7. The largest absolute Gasteiger partial charge is 0.443 e. The average molecular weight is 266 g/mol. The van der Waals surface area contributed by atoms with Crippen LogP contribution in [0.3, 0.4) is 0 Å². The van der Waals surface area contributed by atoms with Gasteiger partial charge in [0.15, 0.2) is 5.78 Å². The van der Waals surface area contributed by atoms with E-state index in [0.29, 0.717) is 16.4 Å². The van der Waals surface area contributed by atoms with E-state index in [0.717, 1.165) is 5.56 Å². The summed E-state index contributed by atoms with van der Waals surface area (Å²) in [4.78, 5) is 11.7. The van der Waals surface area contributed by atoms with Crippen LogP contribution in [0.15, 0.2) is 40.8 Å². The maximum Gasteiger partial charge on any atom is 0.242 e. The lowest BCUT2D eigenvalue weighted by atomic mass is 9.89. The van der Waals surface area contributed by atoms with Gasteiger partial charge in [0.1, 0.15) is 5.76 Å². The number of nitrogens with zero attached hydrogens (tertiary/aromatic N) is 1. The Bertz CT molecular complexity index is 546. The minimum absolute atomic E-state index is 0.105. The van der Waals surface area contributed by atoms with Gasteiger partial charge in [-0.25, -0.2) is 0 Å². The Morgan fingerprint density at radius 2 is 2.00 bits per heavy atom. The van der Waals surface area contributed by atoms with Gasteiger partial charge in [-0.15, -0.1) is 0 Å². The predicted octanol–water partition coefficient (Wildman–Crippen LogP) is 3.10. The van der Waals surface area contributed by atoms with Gasteiger partial charge >= 0.3 is 0 Å². The summed E-state index contributed by atoms with van der Waals surface area (Å²) in [7, 11) is 0. The lowest BCUT2D eigenvalue weighted by Crippen LogP contribution is -2.13. The first kappa shape index (κ1) is 12.6. The molecule has 0 radical (unpaired) electrons. The van der Waals surface area contributed by atoms with Crippen molar-refractivity contribution in [2.24, 2.45) is 5.16 Å². The smallest absolute Gasteiger partial charge is 0.242 e. The molecule has 0 saturated heterocycles. The van der Waals surface area contributed by atoms with E-state index in [9.17, 15) is 4.79 Å². The number of ketones is 1. The Morgan fingerprint density at radius 1 is 1.39 bits per heavy atom. The first-order valence-corrected chi connectivity index (χ1v) is 5.79. The van der Waals surface area contributed by atoms with Crippen molar-refractivity contribution in [3.8, 4) is 0 Å². The van der Waals surface area contributed by atoms with Gasteiger partial charge in [-0.2, -0.15) is 0 Å². The standard InChI is InChI=1S/C13H12ClNO3/c1-7(16)11-8(2)18-13(15-17)12(11)9-3-5-10(14)6-4-9/h3-6,12,17H,1-2H3/b15-13+. The number of benzene rings is 1. The zero-order chi connectivity index (χ0) is 13.3. The van der Waals surface area contributed by atoms with E-state index >= 15 is 0 Å². The Morgan fingerprint density at radius 3 is 2.50 bits per heavy atom. The van der Waals surface area contributed by atoms with E-state index in [-0.39, 0.29) is 11.7 Å². The summed E-state index contributed by atoms with van der Waals surface area (Å²) >= 11 is 5.83. The number of oxime groups is 1. The zero-order valence-electron chi connectivity index (χ0n) is 9.98. The second kappa shape index (κ2) is 4.82. The molecule has 94 valence electrons. The summed E-state index contributed by atoms with van der Waals surface area (Å²) < 4.78 is 5.31. The molecular formula is C13H12ClNO3. The third kappa shape index (κ3) is 2.11. The van der Waals surface area contributed by atoms with Gasteiger partial charge in [-0.1, -0.05) is 28.9 Å². The Hall–Kier alpha value is -1.81. The second-order valence-corrected chi connectivity index (χ2v) is 4.49. The van der Waals surface area contributed by atoms with Crippen LogP contribution in [0.2, 0.25) is 5.02 Å². The third-order valence-electron chi connectivity index (χ3n) is 2.85. The molecule has 1 atom stereocenters. The Kier molecular flexibility index (Phi) is 3.39. The van der Waals surface area contributed by atoms with Crippen molar-refractivity contribution in [1.29, 1.82) is 0 Å². The van der Waals surface area contributed by atoms with Crippen molar-refractivity contribution >= 4 is 23.3 Å². The molecule has 1 aromatic carbocycles. The second-order valence-electron chi connectivity index (χ2n) is 4.05. The van der Waals surface area contributed by atoms with E-state index < -0.39 is 5.92 Å². The summed E-state index contributed by atoms with van der Waals surface area (Å²) in [6, 6.07) is 7.00. The van der Waals surface area contributed by atoms with Gasteiger partial charge in [-0.05, 0) is 31.5 Å². The quantitative estimate of drug-likeness (QED) is 0.660. The van der Waals surface area contributed by atoms with E-state index in [2.05, 4.69) is 5.16 Å². The van der Waals surface area contributed by atoms with Gasteiger partial charge in [0.25, 0.3) is 0 Å². The molecular weight excluding hydrogens is 254 g/mol. The Labute approximate surface area is 110 Å². The summed E-state index contributed by atoms with van der Waals surface area (Å²) in [6.07, 6.45) is 0. The highest BCUT2D eigenvalue weighted by Gasteiger charge is 2.36. The molecule has 0 fully saturated rings. The molecule has 5 heteroatoms. The average Bonchev–Trinajstić information content (AvgIpc) is 2.67. The lowest BCUT2D eigenvalue weighted by Gasteiger charge is -2.11. The van der Waals surface area contributed by atoms with E-state index in [1.54, 1.807) is 31.2 Å². The van der Waals surface area contributed by atoms with Crippen molar-refractivity contribution in [2.75, 3.05) is 0 Å². The SMILES string of the molecule is CC(=O)C1=C(C)O/C(=N/O)C1c1ccc(Cl)cc1. The lowest BCUT2D eigenvalue weighted by molar-refractivity contribution is -0.113. The summed E-state index contributed by atoms with van der Waals surface area (Å²) in [5.74, 6) is 0.00568. The summed E-state index contributed by atoms with van der Waals surface area (Å²) in [6.45, 7) is 3.14. The third-order valence-corrected chi connectivity index (χ3v) is 3.11. The molecule has 0 saturated carbocycles. The monoisotopic (exact) mass is 265 g/mol. The zero-order valence-corrected chi connectivity index (χ0v) is 10.7. The van der Waals surface area contributed by atoms with Gasteiger partial charge in [0.05, 0.1) is 5.92 Å². The van der Waals surface area contributed by atoms with Gasteiger partial charge in [-0.3, -0.25) is 4.79 Å². The van der Waals surface area contributed by atoms with Crippen LogP contribution in [0.1, 0.15) is 25.3 Å². The van der Waals surface area contributed by atoms with Crippen LogP contribution in [0.25, 0.3) is 0 Å². The van der Waals surface area contributed by atoms with Crippen LogP contribution >= 0.6 is 11.6 Å². The molecule has 0 amide bonds. The number of allylic oxidation sites excluding steroid dienone is 1. The normalized spacial score (nSPS) is 21.3. The maximum atomic E-state index is 11.7. The predicted molar refractivity (Wildman–Crippen MR) is 67.9 cm³/mol. The highest BCUT2D eigenvalue weighted by atomic mass is 35.5. The summed E-state index contributed by atoms with van der Waals surface area (Å²) in [5.41, 5.74) is 1.30. The van der Waals surface area contributed by atoms with Crippen LogP contribution in [0.4, 0.5) is 0 Å². The van der Waals surface area contributed by atoms with Crippen molar-refractivity contribution < 1.29 is 14.7 Å². The van der Waals surface area contributed by atoms with Crippen molar-refractivity contribution in [1.82, 2.24) is 0 Å². The van der Waals surface area contributed by atoms with Crippen LogP contribution in [0.5, 0.6) is 0 Å². The van der Waals surface area contributed by atoms with Crippen molar-refractivity contribution in [3.63, 3.8) is 0 Å². The number of Topliss-reactive ketones (excluding diaryl/α,β-unsaturated/α-hetero) is 1. The molecule has 1 aliphatic rings. The molecule has 1 N–H and O–H groups in total. The van der Waals surface area contributed by atoms with E-state index in [4.69, 9.17) is 21.5 Å². The first-order chi connectivity index (χ1) is 8.54. The first-order valence-electron chi connectivity index (χ1n) is 5.41. The number of halogens is 1. The van der Waals surface area contributed by atoms with Crippen LogP contribution in [0, 0.1) is 0 Å². The highest BCUT2D eigenvalue weighted by Crippen LogP contribution is 2.36. The molecule has 0 spiro atoms. The number of carbonyl (C=O) groups is 1. The van der Waals surface area contributed by atoms with Crippen LogP contribution < -0.4 is 0 Å². The molecule has 1 aliphatic heterocycles. The number of rotatable bonds is 2. The molecule has 0 aromatic heterocycles. The Balaban J connectivity index is 2.51. The molecule has 4 nitrogen and oxygen atoms in total.